The van der Waals surface area contributed by atoms with Gasteiger partial charge in [-0.25, -0.2) is 0 Å². The molecule has 2 heterocycles. The standard InChI is InChI=1S/C12H13F3N4.2Pb/c1-16-10-7-9(12(13,14)15)8-11(17-10)19-5-3-18(2)4-6-19;;/h7-8H,3-6H2,2H3;;. The van der Waals surface area contributed by atoms with E-state index in [1.165, 1.54) is 0 Å². The van der Waals surface area contributed by atoms with Gasteiger partial charge >= 0.3 is 154 Å². The first-order chi connectivity index (χ1) is 9.75. The van der Waals surface area contributed by atoms with Crippen molar-refractivity contribution in [2.45, 2.75) is 6.18 Å². The van der Waals surface area contributed by atoms with Gasteiger partial charge in [-0.3, -0.25) is 0 Å². The summed E-state index contributed by atoms with van der Waals surface area (Å²) < 4.78 is 40.0. The van der Waals surface area contributed by atoms with Crippen molar-refractivity contribution in [2.24, 2.45) is 4.99 Å². The van der Waals surface area contributed by atoms with Crippen LogP contribution in [0.1, 0.15) is 5.56 Å². The zero-order chi connectivity index (χ0) is 15.6. The molecule has 0 bridgehead atoms. The van der Waals surface area contributed by atoms with Crippen molar-refractivity contribution < 1.29 is 13.2 Å². The summed E-state index contributed by atoms with van der Waals surface area (Å²) in [5.74, 6) is 0.556. The summed E-state index contributed by atoms with van der Waals surface area (Å²) in [7, 11) is 2.00. The van der Waals surface area contributed by atoms with Crippen LogP contribution in [0, 0.1) is 0 Å². The van der Waals surface area contributed by atoms with Crippen molar-refractivity contribution in [2.75, 3.05) is 38.1 Å². The first kappa shape index (κ1) is 17.6. The minimum atomic E-state index is -4.37. The number of pyridine rings is 1. The molecule has 0 aliphatic carbocycles. The van der Waals surface area contributed by atoms with Gasteiger partial charge in [-0.1, -0.05) is 0 Å². The molecule has 0 spiro atoms. The monoisotopic (exact) mass is 686 g/mol. The fourth-order valence-electron chi connectivity index (χ4n) is 2.03. The van der Waals surface area contributed by atoms with Gasteiger partial charge in [-0.15, -0.1) is 0 Å². The van der Waals surface area contributed by atoms with E-state index < -0.39 is 11.7 Å². The van der Waals surface area contributed by atoms with E-state index in [4.69, 9.17) is 0 Å². The number of hydrogen-bond acceptors (Lipinski definition) is 4. The van der Waals surface area contributed by atoms with E-state index in [9.17, 15) is 13.2 Å². The number of aliphatic imine (C=N–C) groups is 1. The number of hydrogen-bond donors (Lipinski definition) is 0. The topological polar surface area (TPSA) is 31.7 Å². The molecule has 1 aliphatic heterocycles. The Labute approximate surface area is 153 Å². The fourth-order valence-corrected chi connectivity index (χ4v) is 2.93. The molecule has 0 N–H and O–H groups in total. The van der Waals surface area contributed by atoms with Crippen LogP contribution in [0.15, 0.2) is 17.1 Å². The second-order valence-corrected chi connectivity index (χ2v) is 16.1. The predicted molar refractivity (Wildman–Crippen MR) is 77.6 cm³/mol. The molecular weight excluding hydrogens is 672 g/mol. The Hall–Kier alpha value is 0.214. The third kappa shape index (κ3) is 5.11. The van der Waals surface area contributed by atoms with E-state index in [2.05, 4.69) is 14.9 Å². The van der Waals surface area contributed by atoms with Crippen LogP contribution in [0.5, 0.6) is 0 Å². The number of likely N-dealkylation sites (N-methyl/N-ethyl adjacent to an activating group) is 1. The predicted octanol–water partition coefficient (Wildman–Crippen LogP) is 1.18. The van der Waals surface area contributed by atoms with Crippen LogP contribution < -0.4 is 4.90 Å². The molecule has 6 radical (unpaired) electrons. The summed E-state index contributed by atoms with van der Waals surface area (Å²) in [6.07, 6.45) is -4.37. The van der Waals surface area contributed by atoms with E-state index in [0.717, 1.165) is 77.6 Å². The summed E-state index contributed by atoms with van der Waals surface area (Å²) >= 11 is 1.53. The first-order valence-corrected chi connectivity index (χ1v) is 10.2. The minimum absolute atomic E-state index is 0.179. The number of piperazine rings is 1. The summed E-state index contributed by atoms with van der Waals surface area (Å²) in [4.78, 5) is 12.5. The molecule has 1 aromatic heterocycles. The maximum atomic E-state index is 13.0. The summed E-state index contributed by atoms with van der Waals surface area (Å²) in [6.45, 7) is 3.01. The van der Waals surface area contributed by atoms with E-state index in [-0.39, 0.29) is 5.82 Å². The van der Waals surface area contributed by atoms with Crippen molar-refractivity contribution in [3.8, 4) is 0 Å². The Balaban J connectivity index is 2.38. The van der Waals surface area contributed by atoms with Crippen LogP contribution in [-0.2, 0) is 6.18 Å². The second-order valence-electron chi connectivity index (χ2n) is 4.82. The summed E-state index contributed by atoms with van der Waals surface area (Å²) in [5, 5.41) is 0. The molecule has 1 fully saturated rings. The Morgan fingerprint density at radius 3 is 2.33 bits per heavy atom. The van der Waals surface area contributed by atoms with Gasteiger partial charge in [0.1, 0.15) is 0 Å². The molecule has 0 amide bonds. The zero-order valence-electron chi connectivity index (χ0n) is 11.4. The number of rotatable bonds is 2. The zero-order valence-corrected chi connectivity index (χ0v) is 19.2. The molecule has 1 aromatic rings. The van der Waals surface area contributed by atoms with Crippen LogP contribution in [0.25, 0.3) is 0 Å². The fraction of sp³-hybridized carbons (Fsp3) is 0.500. The summed E-state index contributed by atoms with van der Waals surface area (Å²) in [5.41, 5.74) is -0.672. The maximum absolute atomic E-state index is 13.0. The van der Waals surface area contributed by atoms with Crippen LogP contribution >= 0.6 is 0 Å². The average Bonchev–Trinajstić information content (AvgIpc) is 2.37. The molecule has 0 aromatic carbocycles. The van der Waals surface area contributed by atoms with Crippen molar-refractivity contribution in [3.05, 3.63) is 17.7 Å². The third-order valence-corrected chi connectivity index (χ3v) is 4.05. The molecule has 21 heavy (non-hydrogen) atoms. The van der Waals surface area contributed by atoms with Crippen molar-refractivity contribution >= 4 is 64.0 Å². The number of alkyl halides is 3. The van der Waals surface area contributed by atoms with Crippen molar-refractivity contribution in [1.82, 2.24) is 9.88 Å². The second kappa shape index (κ2) is 7.19. The van der Waals surface area contributed by atoms with Crippen LogP contribution in [-0.4, -0.2) is 95.5 Å². The van der Waals surface area contributed by atoms with Crippen LogP contribution in [0.3, 0.4) is 0 Å². The molecule has 4 nitrogen and oxygen atoms in total. The number of anilines is 1. The molecule has 1 aliphatic rings. The molecule has 2 rings (SSSR count). The van der Waals surface area contributed by atoms with Gasteiger partial charge in [-0.2, -0.15) is 0 Å². The van der Waals surface area contributed by atoms with E-state index in [1.807, 2.05) is 11.9 Å². The molecule has 9 heteroatoms. The number of aromatic nitrogens is 1. The summed E-state index contributed by atoms with van der Waals surface area (Å²) in [6, 6.07) is 2.17. The quantitative estimate of drug-likeness (QED) is 0.347. The molecule has 0 saturated carbocycles. The number of nitrogens with zero attached hydrogens (tertiary/aromatic N) is 4. The van der Waals surface area contributed by atoms with Gasteiger partial charge in [0.05, 0.1) is 0 Å². The van der Waals surface area contributed by atoms with Gasteiger partial charge in [0, 0.05) is 0 Å². The first-order valence-electron chi connectivity index (χ1n) is 6.30. The van der Waals surface area contributed by atoms with E-state index in [1.54, 1.807) is 0 Å². The Bertz CT molecular complexity index is 536. The van der Waals surface area contributed by atoms with Gasteiger partial charge in [0.15, 0.2) is 0 Å². The normalized spacial score (nSPS) is 17.0. The molecule has 110 valence electrons. The van der Waals surface area contributed by atoms with E-state index in [0.29, 0.717) is 18.9 Å². The Morgan fingerprint density at radius 2 is 1.81 bits per heavy atom. The number of halogens is 3. The van der Waals surface area contributed by atoms with E-state index >= 15 is 0 Å². The van der Waals surface area contributed by atoms with Crippen LogP contribution in [0.4, 0.5) is 24.8 Å². The molecule has 1 saturated heterocycles. The van der Waals surface area contributed by atoms with Gasteiger partial charge in [0.25, 0.3) is 0 Å². The van der Waals surface area contributed by atoms with Crippen LogP contribution in [0.2, 0.25) is 0 Å². The Morgan fingerprint density at radius 1 is 1.19 bits per heavy atom. The molecule has 0 unspecified atom stereocenters. The van der Waals surface area contributed by atoms with Crippen molar-refractivity contribution in [3.63, 3.8) is 0 Å². The van der Waals surface area contributed by atoms with Gasteiger partial charge < -0.3 is 0 Å². The third-order valence-electron chi connectivity index (χ3n) is 3.18. The van der Waals surface area contributed by atoms with Crippen molar-refractivity contribution in [1.29, 1.82) is 0 Å². The van der Waals surface area contributed by atoms with Gasteiger partial charge in [0.2, 0.25) is 0 Å². The molecular formula is C12H13F3N4Pb2. The van der Waals surface area contributed by atoms with Gasteiger partial charge in [-0.05, 0) is 0 Å². The SMILES string of the molecule is CN1CCN(c2cc(C(F)(F)F)cc(N=[C]([Pb])[Pb])n2)CC1. The molecule has 0 atom stereocenters. The average molecular weight is 685 g/mol. The Kier molecular flexibility index (Phi) is 6.02.